The molecule has 2 rings (SSSR count). The van der Waals surface area contributed by atoms with E-state index in [-0.39, 0.29) is 17.9 Å². The van der Waals surface area contributed by atoms with E-state index in [9.17, 15) is 4.79 Å². The monoisotopic (exact) mass is 403 g/mol. The Bertz CT molecular complexity index is 640. The van der Waals surface area contributed by atoms with Gasteiger partial charge >= 0.3 is 0 Å². The summed E-state index contributed by atoms with van der Waals surface area (Å²) in [6.45, 7) is 10.8. The standard InChI is InChI=1S/C22H37N5O2/c1-22(2,19-9-6-5-7-10-19)18-25-21(24-17-20(28)26(3)4)23-11-8-12-27-13-15-29-16-14-27/h5-7,9-10H,8,11-18H2,1-4H3,(H2,23,24,25). The second kappa shape index (κ2) is 11.8. The average molecular weight is 404 g/mol. The summed E-state index contributed by atoms with van der Waals surface area (Å²) in [7, 11) is 3.50. The van der Waals surface area contributed by atoms with Crippen LogP contribution in [0.1, 0.15) is 25.8 Å². The first kappa shape index (κ1) is 23.2. The molecule has 7 nitrogen and oxygen atoms in total. The number of nitrogens with one attached hydrogen (secondary N) is 2. The summed E-state index contributed by atoms with van der Waals surface area (Å²) in [4.78, 5) is 20.4. The Morgan fingerprint density at radius 2 is 1.86 bits per heavy atom. The highest BCUT2D eigenvalue weighted by molar-refractivity contribution is 5.84. The molecular weight excluding hydrogens is 366 g/mol. The van der Waals surface area contributed by atoms with Gasteiger partial charge in [0.25, 0.3) is 0 Å². The number of amides is 1. The van der Waals surface area contributed by atoms with E-state index in [2.05, 4.69) is 58.6 Å². The lowest BCUT2D eigenvalue weighted by atomic mass is 9.85. The number of morpholine rings is 1. The molecule has 0 bridgehead atoms. The number of carbonyl (C=O) groups excluding carboxylic acids is 1. The summed E-state index contributed by atoms with van der Waals surface area (Å²) < 4.78 is 5.40. The number of benzene rings is 1. The Kier molecular flexibility index (Phi) is 9.41. The topological polar surface area (TPSA) is 69.2 Å². The number of nitrogens with zero attached hydrogens (tertiary/aromatic N) is 3. The van der Waals surface area contributed by atoms with Crippen LogP contribution in [0.5, 0.6) is 0 Å². The number of guanidine groups is 1. The van der Waals surface area contributed by atoms with Crippen LogP contribution in [0.3, 0.4) is 0 Å². The number of hydrogen-bond acceptors (Lipinski definition) is 4. The van der Waals surface area contributed by atoms with Gasteiger partial charge in [-0.15, -0.1) is 0 Å². The SMILES string of the molecule is CN(C)C(=O)CN=C(NCCCN1CCOCC1)NCC(C)(C)c1ccccc1. The summed E-state index contributed by atoms with van der Waals surface area (Å²) in [5.74, 6) is 0.674. The number of likely N-dealkylation sites (N-methyl/N-ethyl adjacent to an activating group) is 1. The van der Waals surface area contributed by atoms with E-state index in [4.69, 9.17) is 4.74 Å². The lowest BCUT2D eigenvalue weighted by molar-refractivity contribution is -0.127. The molecule has 7 heteroatoms. The molecule has 2 N–H and O–H groups in total. The molecule has 162 valence electrons. The minimum Gasteiger partial charge on any atom is -0.379 e. The minimum absolute atomic E-state index is 0.0123. The van der Waals surface area contributed by atoms with Crippen LogP contribution >= 0.6 is 0 Å². The summed E-state index contributed by atoms with van der Waals surface area (Å²) in [6.07, 6.45) is 1.02. The maximum Gasteiger partial charge on any atom is 0.243 e. The number of aliphatic imine (C=N–C) groups is 1. The van der Waals surface area contributed by atoms with Crippen molar-refractivity contribution in [3.8, 4) is 0 Å². The number of hydrogen-bond donors (Lipinski definition) is 2. The van der Waals surface area contributed by atoms with Gasteiger partial charge in [-0.1, -0.05) is 44.2 Å². The zero-order valence-corrected chi connectivity index (χ0v) is 18.4. The van der Waals surface area contributed by atoms with E-state index in [0.29, 0.717) is 5.96 Å². The van der Waals surface area contributed by atoms with Gasteiger partial charge < -0.3 is 20.3 Å². The van der Waals surface area contributed by atoms with E-state index in [1.165, 1.54) is 5.56 Å². The molecule has 1 aromatic carbocycles. The molecular formula is C22H37N5O2. The molecule has 0 radical (unpaired) electrons. The fraction of sp³-hybridized carbons (Fsp3) is 0.636. The van der Waals surface area contributed by atoms with Crippen molar-refractivity contribution in [3.63, 3.8) is 0 Å². The molecule has 1 heterocycles. The highest BCUT2D eigenvalue weighted by Gasteiger charge is 2.20. The molecule has 1 amide bonds. The molecule has 0 saturated carbocycles. The number of carbonyl (C=O) groups is 1. The van der Waals surface area contributed by atoms with Crippen molar-refractivity contribution >= 4 is 11.9 Å². The van der Waals surface area contributed by atoms with Crippen LogP contribution in [-0.2, 0) is 14.9 Å². The van der Waals surface area contributed by atoms with Crippen molar-refractivity contribution < 1.29 is 9.53 Å². The molecule has 0 unspecified atom stereocenters. The molecule has 0 atom stereocenters. The van der Waals surface area contributed by atoms with Crippen LogP contribution in [0, 0.1) is 0 Å². The summed E-state index contributed by atoms with van der Waals surface area (Å²) in [6, 6.07) is 10.4. The third-order valence-corrected chi connectivity index (χ3v) is 5.17. The van der Waals surface area contributed by atoms with Gasteiger partial charge in [-0.3, -0.25) is 9.69 Å². The van der Waals surface area contributed by atoms with Gasteiger partial charge in [-0.05, 0) is 18.5 Å². The van der Waals surface area contributed by atoms with Crippen LogP contribution in [0.25, 0.3) is 0 Å². The fourth-order valence-electron chi connectivity index (χ4n) is 3.09. The normalized spacial score (nSPS) is 15.8. The van der Waals surface area contributed by atoms with Crippen molar-refractivity contribution in [2.24, 2.45) is 4.99 Å². The molecule has 1 saturated heterocycles. The van der Waals surface area contributed by atoms with Crippen molar-refractivity contribution in [1.82, 2.24) is 20.4 Å². The van der Waals surface area contributed by atoms with E-state index in [1.54, 1.807) is 19.0 Å². The van der Waals surface area contributed by atoms with Crippen LogP contribution in [0.2, 0.25) is 0 Å². The van der Waals surface area contributed by atoms with Gasteiger partial charge in [0.1, 0.15) is 6.54 Å². The largest absolute Gasteiger partial charge is 0.379 e. The summed E-state index contributed by atoms with van der Waals surface area (Å²) in [5, 5.41) is 6.81. The van der Waals surface area contributed by atoms with E-state index in [1.807, 2.05) is 6.07 Å². The van der Waals surface area contributed by atoms with Crippen molar-refractivity contribution in [3.05, 3.63) is 35.9 Å². The molecule has 1 aliphatic heterocycles. The fourth-order valence-corrected chi connectivity index (χ4v) is 3.09. The summed E-state index contributed by atoms with van der Waals surface area (Å²) >= 11 is 0. The third-order valence-electron chi connectivity index (χ3n) is 5.17. The Morgan fingerprint density at radius 3 is 2.52 bits per heavy atom. The predicted octanol–water partition coefficient (Wildman–Crippen LogP) is 1.31. The lowest BCUT2D eigenvalue weighted by Gasteiger charge is -2.28. The zero-order chi connectivity index (χ0) is 21.1. The Labute approximate surface area is 175 Å². The molecule has 0 spiro atoms. The van der Waals surface area contributed by atoms with Crippen molar-refractivity contribution in [2.75, 3.05) is 66.6 Å². The van der Waals surface area contributed by atoms with E-state index < -0.39 is 0 Å². The van der Waals surface area contributed by atoms with Crippen LogP contribution in [0.4, 0.5) is 0 Å². The predicted molar refractivity (Wildman–Crippen MR) is 118 cm³/mol. The first-order valence-electron chi connectivity index (χ1n) is 10.5. The van der Waals surface area contributed by atoms with Crippen molar-refractivity contribution in [2.45, 2.75) is 25.7 Å². The molecule has 1 aliphatic rings. The third kappa shape index (κ3) is 8.41. The van der Waals surface area contributed by atoms with Gasteiger partial charge in [-0.2, -0.15) is 0 Å². The van der Waals surface area contributed by atoms with Crippen molar-refractivity contribution in [1.29, 1.82) is 0 Å². The Balaban J connectivity index is 1.88. The maximum atomic E-state index is 12.0. The Morgan fingerprint density at radius 1 is 1.17 bits per heavy atom. The van der Waals surface area contributed by atoms with Gasteiger partial charge in [-0.25, -0.2) is 4.99 Å². The van der Waals surface area contributed by atoms with Crippen LogP contribution in [-0.4, -0.2) is 88.2 Å². The highest BCUT2D eigenvalue weighted by atomic mass is 16.5. The van der Waals surface area contributed by atoms with Crippen LogP contribution in [0.15, 0.2) is 35.3 Å². The zero-order valence-electron chi connectivity index (χ0n) is 18.4. The molecule has 0 aliphatic carbocycles. The van der Waals surface area contributed by atoms with E-state index >= 15 is 0 Å². The van der Waals surface area contributed by atoms with Gasteiger partial charge in [0.2, 0.25) is 5.91 Å². The summed E-state index contributed by atoms with van der Waals surface area (Å²) in [5.41, 5.74) is 1.21. The molecule has 29 heavy (non-hydrogen) atoms. The lowest BCUT2D eigenvalue weighted by Crippen LogP contribution is -2.45. The quantitative estimate of drug-likeness (QED) is 0.370. The Hall–Kier alpha value is -2.12. The minimum atomic E-state index is -0.0525. The smallest absolute Gasteiger partial charge is 0.243 e. The first-order valence-corrected chi connectivity index (χ1v) is 10.5. The second-order valence-corrected chi connectivity index (χ2v) is 8.29. The maximum absolute atomic E-state index is 12.0. The van der Waals surface area contributed by atoms with Gasteiger partial charge in [0.15, 0.2) is 5.96 Å². The first-order chi connectivity index (χ1) is 13.9. The highest BCUT2D eigenvalue weighted by Crippen LogP contribution is 2.21. The average Bonchev–Trinajstić information content (AvgIpc) is 2.73. The molecule has 1 fully saturated rings. The van der Waals surface area contributed by atoms with Crippen LogP contribution < -0.4 is 10.6 Å². The second-order valence-electron chi connectivity index (χ2n) is 8.29. The number of rotatable bonds is 9. The molecule has 1 aromatic rings. The number of ether oxygens (including phenoxy) is 1. The van der Waals surface area contributed by atoms with Gasteiger partial charge in [0, 0.05) is 45.7 Å². The molecule has 0 aromatic heterocycles. The van der Waals surface area contributed by atoms with E-state index in [0.717, 1.165) is 52.4 Å². The van der Waals surface area contributed by atoms with Gasteiger partial charge in [0.05, 0.1) is 13.2 Å².